The van der Waals surface area contributed by atoms with Crippen molar-refractivity contribution in [3.8, 4) is 0 Å². The van der Waals surface area contributed by atoms with E-state index in [0.717, 1.165) is 22.8 Å². The van der Waals surface area contributed by atoms with Crippen LogP contribution in [-0.2, 0) is 0 Å². The second-order valence-electron chi connectivity index (χ2n) is 11.7. The minimum atomic E-state index is -0.0249. The Kier molecular flexibility index (Phi) is 10.1. The topological polar surface area (TPSA) is 41.5 Å². The van der Waals surface area contributed by atoms with E-state index in [2.05, 4.69) is 97.1 Å². The highest BCUT2D eigenvalue weighted by molar-refractivity contribution is 6.28. The fourth-order valence-electron chi connectivity index (χ4n) is 5.15. The first-order valence-corrected chi connectivity index (χ1v) is 14.3. The molecule has 0 aliphatic heterocycles. The van der Waals surface area contributed by atoms with Gasteiger partial charge in [0.05, 0.1) is 17.0 Å². The quantitative estimate of drug-likeness (QED) is 0.163. The Balaban J connectivity index is 2.29. The number of nitrogens with zero attached hydrogens (tertiary/aromatic N) is 1. The third-order valence-electron chi connectivity index (χ3n) is 7.31. The number of hydrogen-bond acceptors (Lipinski definition) is 3. The van der Waals surface area contributed by atoms with E-state index >= 15 is 0 Å². The Bertz CT molecular complexity index is 1310. The largest absolute Gasteiger partial charge is 0.358 e. The number of carbonyl (C=O) groups excluding carboxylic acids is 1. The lowest BCUT2D eigenvalue weighted by atomic mass is 9.91. The first-order chi connectivity index (χ1) is 18.4. The number of allylic oxidation sites excluding steroid dienone is 2. The van der Waals surface area contributed by atoms with Gasteiger partial charge in [-0.3, -0.25) is 9.79 Å². The number of aliphatic imine (C=N–C) groups is 1. The van der Waals surface area contributed by atoms with Crippen LogP contribution in [0.1, 0.15) is 126 Å². The average Bonchev–Trinajstić information content (AvgIpc) is 2.88. The summed E-state index contributed by atoms with van der Waals surface area (Å²) in [4.78, 5) is 19.3. The standard InChI is InChI=1S/C36H46N2O/c1-22(2)29-18-14-19-30(23(3)4)34(29)37-26(9)33(36(39)28-16-12-11-13-17-28)27(10)38-35-31(24(5)6)20-15-21-32(35)25(7)8/h11-25,37H,1-10H3. The SMILES string of the molecule is CC(=Nc1c(C(C)C)cccc1C(C)C)C(C(=O)c1ccccc1)=C(C)Nc1c(C(C)C)cccc1C(C)C. The first-order valence-electron chi connectivity index (χ1n) is 14.3. The van der Waals surface area contributed by atoms with Gasteiger partial charge in [-0.05, 0) is 59.8 Å². The van der Waals surface area contributed by atoms with Crippen molar-refractivity contribution in [1.29, 1.82) is 0 Å². The summed E-state index contributed by atoms with van der Waals surface area (Å²) in [6.07, 6.45) is 0. The van der Waals surface area contributed by atoms with Crippen molar-refractivity contribution in [3.63, 3.8) is 0 Å². The molecule has 0 saturated carbocycles. The molecule has 3 aromatic rings. The molecule has 0 amide bonds. The van der Waals surface area contributed by atoms with Crippen LogP contribution in [0.4, 0.5) is 11.4 Å². The summed E-state index contributed by atoms with van der Waals surface area (Å²) in [6, 6.07) is 22.5. The predicted molar refractivity (Wildman–Crippen MR) is 169 cm³/mol. The van der Waals surface area contributed by atoms with Gasteiger partial charge in [-0.2, -0.15) is 0 Å². The number of Topliss-reactive ketones (excluding diaryl/α,β-unsaturated/α-hetero) is 1. The highest BCUT2D eigenvalue weighted by Gasteiger charge is 2.22. The fourth-order valence-corrected chi connectivity index (χ4v) is 5.15. The minimum Gasteiger partial charge on any atom is -0.358 e. The van der Waals surface area contributed by atoms with Crippen LogP contribution >= 0.6 is 0 Å². The maximum absolute atomic E-state index is 14.1. The molecule has 3 rings (SSSR count). The van der Waals surface area contributed by atoms with E-state index in [-0.39, 0.29) is 5.78 Å². The van der Waals surface area contributed by atoms with Gasteiger partial charge in [0.2, 0.25) is 0 Å². The zero-order valence-electron chi connectivity index (χ0n) is 25.5. The van der Waals surface area contributed by atoms with Crippen molar-refractivity contribution < 1.29 is 4.79 Å². The number of benzene rings is 3. The van der Waals surface area contributed by atoms with Gasteiger partial charge in [0.25, 0.3) is 0 Å². The van der Waals surface area contributed by atoms with E-state index in [4.69, 9.17) is 4.99 Å². The smallest absolute Gasteiger partial charge is 0.196 e. The molecule has 0 saturated heterocycles. The lowest BCUT2D eigenvalue weighted by Crippen LogP contribution is -2.18. The van der Waals surface area contributed by atoms with Gasteiger partial charge < -0.3 is 5.32 Å². The Hall–Kier alpha value is -3.46. The normalized spacial score (nSPS) is 12.9. The summed E-state index contributed by atoms with van der Waals surface area (Å²) in [5.74, 6) is 1.29. The Morgan fingerprint density at radius 2 is 1.05 bits per heavy atom. The van der Waals surface area contributed by atoms with Crippen LogP contribution in [0.25, 0.3) is 0 Å². The number of hydrogen-bond donors (Lipinski definition) is 1. The molecule has 0 spiro atoms. The zero-order valence-corrected chi connectivity index (χ0v) is 25.5. The molecule has 0 fully saturated rings. The molecular weight excluding hydrogens is 476 g/mol. The molecule has 0 aliphatic carbocycles. The Morgan fingerprint density at radius 3 is 1.49 bits per heavy atom. The molecule has 3 heteroatoms. The average molecular weight is 523 g/mol. The second-order valence-corrected chi connectivity index (χ2v) is 11.7. The molecule has 39 heavy (non-hydrogen) atoms. The number of rotatable bonds is 10. The van der Waals surface area contributed by atoms with Crippen molar-refractivity contribution in [1.82, 2.24) is 0 Å². The van der Waals surface area contributed by atoms with Crippen LogP contribution < -0.4 is 5.32 Å². The predicted octanol–water partition coefficient (Wildman–Crippen LogP) is 10.5. The van der Waals surface area contributed by atoms with Gasteiger partial charge >= 0.3 is 0 Å². The van der Waals surface area contributed by atoms with Crippen LogP contribution in [0, 0.1) is 0 Å². The Labute approximate surface area is 236 Å². The minimum absolute atomic E-state index is 0.0249. The number of para-hydroxylation sites is 2. The highest BCUT2D eigenvalue weighted by Crippen LogP contribution is 2.37. The maximum atomic E-state index is 14.1. The summed E-state index contributed by atoms with van der Waals surface area (Å²) in [6.45, 7) is 21.6. The van der Waals surface area contributed by atoms with Crippen LogP contribution in [-0.4, -0.2) is 11.5 Å². The number of anilines is 1. The third kappa shape index (κ3) is 6.95. The van der Waals surface area contributed by atoms with Gasteiger partial charge in [-0.25, -0.2) is 0 Å². The number of ketones is 1. The molecule has 3 aromatic carbocycles. The number of nitrogens with one attached hydrogen (secondary N) is 1. The molecular formula is C36H46N2O. The second kappa shape index (κ2) is 13.1. The number of carbonyl (C=O) groups is 1. The van der Waals surface area contributed by atoms with Crippen LogP contribution in [0.3, 0.4) is 0 Å². The van der Waals surface area contributed by atoms with Gasteiger partial charge in [0, 0.05) is 16.9 Å². The first kappa shape index (κ1) is 30.1. The summed E-state index contributed by atoms with van der Waals surface area (Å²) in [7, 11) is 0. The summed E-state index contributed by atoms with van der Waals surface area (Å²) < 4.78 is 0. The van der Waals surface area contributed by atoms with E-state index in [9.17, 15) is 4.79 Å². The Morgan fingerprint density at radius 1 is 0.615 bits per heavy atom. The summed E-state index contributed by atoms with van der Waals surface area (Å²) in [5.41, 5.74) is 9.77. The van der Waals surface area contributed by atoms with Crippen LogP contribution in [0.2, 0.25) is 0 Å². The highest BCUT2D eigenvalue weighted by atomic mass is 16.1. The molecule has 3 nitrogen and oxygen atoms in total. The van der Waals surface area contributed by atoms with Crippen molar-refractivity contribution in [3.05, 3.63) is 106 Å². The van der Waals surface area contributed by atoms with Gasteiger partial charge in [-0.1, -0.05) is 122 Å². The molecule has 0 heterocycles. The summed E-state index contributed by atoms with van der Waals surface area (Å²) >= 11 is 0. The lowest BCUT2D eigenvalue weighted by Gasteiger charge is -2.23. The van der Waals surface area contributed by atoms with Crippen molar-refractivity contribution >= 4 is 22.9 Å². The van der Waals surface area contributed by atoms with E-state index < -0.39 is 0 Å². The molecule has 0 aromatic heterocycles. The molecule has 0 unspecified atom stereocenters. The summed E-state index contributed by atoms with van der Waals surface area (Å²) in [5, 5.41) is 3.71. The van der Waals surface area contributed by atoms with Crippen molar-refractivity contribution in [2.75, 3.05) is 5.32 Å². The van der Waals surface area contributed by atoms with Crippen molar-refractivity contribution in [2.45, 2.75) is 92.9 Å². The monoisotopic (exact) mass is 522 g/mol. The lowest BCUT2D eigenvalue weighted by molar-refractivity contribution is 0.103. The van der Waals surface area contributed by atoms with Crippen LogP contribution in [0.5, 0.6) is 0 Å². The van der Waals surface area contributed by atoms with Gasteiger partial charge in [-0.15, -0.1) is 0 Å². The van der Waals surface area contributed by atoms with Crippen molar-refractivity contribution in [2.24, 2.45) is 4.99 Å². The van der Waals surface area contributed by atoms with E-state index in [0.29, 0.717) is 34.8 Å². The molecule has 1 N–H and O–H groups in total. The molecule has 0 bridgehead atoms. The molecule has 206 valence electrons. The van der Waals surface area contributed by atoms with Gasteiger partial charge in [0.15, 0.2) is 5.78 Å². The van der Waals surface area contributed by atoms with Gasteiger partial charge in [0.1, 0.15) is 0 Å². The van der Waals surface area contributed by atoms with E-state index in [1.165, 1.54) is 22.3 Å². The van der Waals surface area contributed by atoms with E-state index in [1.807, 2.05) is 44.2 Å². The third-order valence-corrected chi connectivity index (χ3v) is 7.31. The molecule has 0 aliphatic rings. The zero-order chi connectivity index (χ0) is 28.9. The fraction of sp³-hybridized carbons (Fsp3) is 0.389. The van der Waals surface area contributed by atoms with E-state index in [1.54, 1.807) is 0 Å². The molecule has 0 atom stereocenters. The molecule has 0 radical (unpaired) electrons. The van der Waals surface area contributed by atoms with Crippen LogP contribution in [0.15, 0.2) is 83.0 Å². The maximum Gasteiger partial charge on any atom is 0.196 e.